The van der Waals surface area contributed by atoms with Gasteiger partial charge < -0.3 is 10.6 Å². The largest absolute Gasteiger partial charge is 0.344 e. The highest BCUT2D eigenvalue weighted by molar-refractivity contribution is 6.30. The Hall–Kier alpha value is -3.64. The molecule has 3 aromatic carbocycles. The van der Waals surface area contributed by atoms with Crippen LogP contribution in [0.25, 0.3) is 0 Å². The van der Waals surface area contributed by atoms with Crippen molar-refractivity contribution in [2.75, 3.05) is 6.54 Å². The Morgan fingerprint density at radius 3 is 2.00 bits per heavy atom. The topological polar surface area (TPSA) is 78.5 Å². The summed E-state index contributed by atoms with van der Waals surface area (Å²) in [4.78, 5) is 40.1. The van der Waals surface area contributed by atoms with E-state index in [1.165, 1.54) is 0 Å². The van der Waals surface area contributed by atoms with Gasteiger partial charge in [-0.2, -0.15) is 0 Å². The van der Waals surface area contributed by atoms with Crippen LogP contribution >= 0.6 is 11.6 Å². The molecule has 1 aliphatic heterocycles. The standard InChI is InChI=1S/C26H24ClN3O3/c1-2-26(20-13-15-21(27)16-14-20)24(32)30(25(33)29-26)17-22(31)28-23(18-9-5-3-6-10-18)19-11-7-4-8-12-19/h3-16,23H,2,17H2,1H3,(H,28,31)(H,29,33). The van der Waals surface area contributed by atoms with Crippen LogP contribution in [-0.2, 0) is 15.1 Å². The first-order chi connectivity index (χ1) is 15.9. The van der Waals surface area contributed by atoms with E-state index in [4.69, 9.17) is 11.6 Å². The molecule has 1 heterocycles. The van der Waals surface area contributed by atoms with Gasteiger partial charge in [-0.05, 0) is 35.2 Å². The zero-order chi connectivity index (χ0) is 23.4. The minimum Gasteiger partial charge on any atom is -0.344 e. The molecule has 33 heavy (non-hydrogen) atoms. The third kappa shape index (κ3) is 4.47. The number of carbonyl (C=O) groups is 3. The number of hydrogen-bond acceptors (Lipinski definition) is 3. The van der Waals surface area contributed by atoms with Crippen molar-refractivity contribution in [2.24, 2.45) is 0 Å². The third-order valence-electron chi connectivity index (χ3n) is 5.92. The molecule has 0 saturated carbocycles. The van der Waals surface area contributed by atoms with E-state index in [1.54, 1.807) is 24.3 Å². The van der Waals surface area contributed by atoms with Crippen molar-refractivity contribution in [3.8, 4) is 0 Å². The van der Waals surface area contributed by atoms with Gasteiger partial charge >= 0.3 is 6.03 Å². The minimum atomic E-state index is -1.22. The number of nitrogens with zero attached hydrogens (tertiary/aromatic N) is 1. The fourth-order valence-corrected chi connectivity index (χ4v) is 4.27. The first-order valence-electron chi connectivity index (χ1n) is 10.7. The molecule has 7 heteroatoms. The van der Waals surface area contributed by atoms with Crippen LogP contribution in [0.2, 0.25) is 5.02 Å². The Kier molecular flexibility index (Phi) is 6.47. The summed E-state index contributed by atoms with van der Waals surface area (Å²) < 4.78 is 0. The monoisotopic (exact) mass is 461 g/mol. The van der Waals surface area contributed by atoms with E-state index >= 15 is 0 Å². The Balaban J connectivity index is 1.55. The lowest BCUT2D eigenvalue weighted by Crippen LogP contribution is -2.45. The smallest absolute Gasteiger partial charge is 0.325 e. The molecule has 1 saturated heterocycles. The van der Waals surface area contributed by atoms with Crippen molar-refractivity contribution in [1.82, 2.24) is 15.5 Å². The molecule has 0 aromatic heterocycles. The number of benzene rings is 3. The summed E-state index contributed by atoms with van der Waals surface area (Å²) >= 11 is 5.98. The lowest BCUT2D eigenvalue weighted by Gasteiger charge is -2.26. The Bertz CT molecular complexity index is 1110. The molecule has 0 bridgehead atoms. The Labute approximate surface area is 197 Å². The molecule has 1 unspecified atom stereocenters. The summed E-state index contributed by atoms with van der Waals surface area (Å²) in [5.74, 6) is -0.886. The van der Waals surface area contributed by atoms with Crippen molar-refractivity contribution in [3.05, 3.63) is 107 Å². The maximum atomic E-state index is 13.3. The number of imide groups is 1. The van der Waals surface area contributed by atoms with Crippen LogP contribution < -0.4 is 10.6 Å². The van der Waals surface area contributed by atoms with E-state index in [1.807, 2.05) is 67.6 Å². The van der Waals surface area contributed by atoms with Crippen molar-refractivity contribution >= 4 is 29.4 Å². The van der Waals surface area contributed by atoms with Crippen LogP contribution in [0.1, 0.15) is 36.1 Å². The van der Waals surface area contributed by atoms with Gasteiger partial charge in [0, 0.05) is 5.02 Å². The molecule has 4 amide bonds. The van der Waals surface area contributed by atoms with Crippen molar-refractivity contribution in [2.45, 2.75) is 24.9 Å². The highest BCUT2D eigenvalue weighted by Crippen LogP contribution is 2.33. The normalized spacial score (nSPS) is 17.8. The van der Waals surface area contributed by atoms with Crippen molar-refractivity contribution in [1.29, 1.82) is 0 Å². The van der Waals surface area contributed by atoms with Gasteiger partial charge in [0.25, 0.3) is 5.91 Å². The maximum Gasteiger partial charge on any atom is 0.325 e. The molecule has 0 radical (unpaired) electrons. The molecule has 3 aromatic rings. The summed E-state index contributed by atoms with van der Waals surface area (Å²) in [6, 6.07) is 24.9. The van der Waals surface area contributed by atoms with Gasteiger partial charge in [-0.15, -0.1) is 0 Å². The zero-order valence-corrected chi connectivity index (χ0v) is 18.9. The third-order valence-corrected chi connectivity index (χ3v) is 6.17. The predicted octanol–water partition coefficient (Wildman–Crippen LogP) is 4.40. The van der Waals surface area contributed by atoms with Gasteiger partial charge in [-0.1, -0.05) is 91.3 Å². The molecule has 0 aliphatic carbocycles. The first-order valence-corrected chi connectivity index (χ1v) is 11.1. The molecular formula is C26H24ClN3O3. The van der Waals surface area contributed by atoms with E-state index in [-0.39, 0.29) is 6.54 Å². The molecule has 1 aliphatic rings. The number of nitrogens with one attached hydrogen (secondary N) is 2. The van der Waals surface area contributed by atoms with Crippen LogP contribution in [0.3, 0.4) is 0 Å². The quantitative estimate of drug-likeness (QED) is 0.512. The average Bonchev–Trinajstić information content (AvgIpc) is 3.09. The van der Waals surface area contributed by atoms with Gasteiger partial charge in [-0.25, -0.2) is 4.79 Å². The highest BCUT2D eigenvalue weighted by atomic mass is 35.5. The van der Waals surface area contributed by atoms with Crippen LogP contribution in [0.4, 0.5) is 4.79 Å². The molecule has 4 rings (SSSR count). The van der Waals surface area contributed by atoms with Crippen LogP contribution in [-0.4, -0.2) is 29.3 Å². The number of hydrogen-bond donors (Lipinski definition) is 2. The van der Waals surface area contributed by atoms with E-state index in [0.29, 0.717) is 17.0 Å². The second-order valence-electron chi connectivity index (χ2n) is 7.91. The molecule has 1 atom stereocenters. The van der Waals surface area contributed by atoms with E-state index in [2.05, 4.69) is 10.6 Å². The number of halogens is 1. The van der Waals surface area contributed by atoms with Crippen molar-refractivity contribution in [3.63, 3.8) is 0 Å². The van der Waals surface area contributed by atoms with Gasteiger partial charge in [0.05, 0.1) is 6.04 Å². The second kappa shape index (κ2) is 9.46. The van der Waals surface area contributed by atoms with Gasteiger partial charge in [0.1, 0.15) is 12.1 Å². The molecular weight excluding hydrogens is 438 g/mol. The maximum absolute atomic E-state index is 13.3. The predicted molar refractivity (Wildman–Crippen MR) is 127 cm³/mol. The van der Waals surface area contributed by atoms with Crippen LogP contribution in [0.5, 0.6) is 0 Å². The van der Waals surface area contributed by atoms with E-state index < -0.39 is 29.4 Å². The lowest BCUT2D eigenvalue weighted by molar-refractivity contribution is -0.135. The second-order valence-corrected chi connectivity index (χ2v) is 8.35. The summed E-state index contributed by atoms with van der Waals surface area (Å²) in [6.07, 6.45) is 0.341. The Morgan fingerprint density at radius 1 is 0.939 bits per heavy atom. The summed E-state index contributed by atoms with van der Waals surface area (Å²) in [5, 5.41) is 6.30. The van der Waals surface area contributed by atoms with E-state index in [9.17, 15) is 14.4 Å². The number of carbonyl (C=O) groups excluding carboxylic acids is 3. The average molecular weight is 462 g/mol. The SMILES string of the molecule is CCC1(c2ccc(Cl)cc2)NC(=O)N(CC(=O)NC(c2ccccc2)c2ccccc2)C1=O. The zero-order valence-electron chi connectivity index (χ0n) is 18.1. The van der Waals surface area contributed by atoms with Crippen molar-refractivity contribution < 1.29 is 14.4 Å². The van der Waals surface area contributed by atoms with Gasteiger partial charge in [0.15, 0.2) is 0 Å². The van der Waals surface area contributed by atoms with E-state index in [0.717, 1.165) is 16.0 Å². The fraction of sp³-hybridized carbons (Fsp3) is 0.192. The minimum absolute atomic E-state index is 0.341. The molecule has 0 spiro atoms. The Morgan fingerprint density at radius 2 is 1.48 bits per heavy atom. The van der Waals surface area contributed by atoms with Gasteiger partial charge in [-0.3, -0.25) is 14.5 Å². The summed E-state index contributed by atoms with van der Waals surface area (Å²) in [6.45, 7) is 1.44. The number of urea groups is 1. The molecule has 1 fully saturated rings. The first kappa shape index (κ1) is 22.6. The fourth-order valence-electron chi connectivity index (χ4n) is 4.14. The molecule has 6 nitrogen and oxygen atoms in total. The summed E-state index contributed by atoms with van der Waals surface area (Å²) in [5.41, 5.74) is 1.21. The summed E-state index contributed by atoms with van der Waals surface area (Å²) in [7, 11) is 0. The number of rotatable bonds is 7. The molecule has 2 N–H and O–H groups in total. The lowest BCUT2D eigenvalue weighted by atomic mass is 9.87. The van der Waals surface area contributed by atoms with Crippen LogP contribution in [0, 0.1) is 0 Å². The highest BCUT2D eigenvalue weighted by Gasteiger charge is 2.51. The van der Waals surface area contributed by atoms with Gasteiger partial charge in [0.2, 0.25) is 5.91 Å². The molecule has 168 valence electrons. The van der Waals surface area contributed by atoms with Crippen LogP contribution in [0.15, 0.2) is 84.9 Å². The number of amides is 4.